The monoisotopic (exact) mass is 289 g/mol. The standard InChI is InChI=1S/C18H15N3O/c1-12-3-5-15(19-9-12)17-7-14(11-22)8-18(21-17)16-6-4-13(2)10-20-16/h3-11H,1-2H3. The van der Waals surface area contributed by atoms with Crippen LogP contribution in [0.25, 0.3) is 22.8 Å². The van der Waals surface area contributed by atoms with E-state index in [-0.39, 0.29) is 0 Å². The van der Waals surface area contributed by atoms with Gasteiger partial charge in [0.2, 0.25) is 0 Å². The quantitative estimate of drug-likeness (QED) is 0.691. The van der Waals surface area contributed by atoms with Crippen molar-refractivity contribution in [1.29, 1.82) is 0 Å². The lowest BCUT2D eigenvalue weighted by molar-refractivity contribution is 0.112. The molecule has 0 aliphatic heterocycles. The Bertz CT molecular complexity index is 745. The Morgan fingerprint density at radius 3 is 1.64 bits per heavy atom. The molecule has 3 rings (SSSR count). The predicted octanol–water partition coefficient (Wildman–Crippen LogP) is 3.63. The van der Waals surface area contributed by atoms with E-state index in [2.05, 4.69) is 15.0 Å². The summed E-state index contributed by atoms with van der Waals surface area (Å²) in [5.41, 5.74) is 5.53. The molecule has 4 nitrogen and oxygen atoms in total. The van der Waals surface area contributed by atoms with Crippen molar-refractivity contribution in [3.05, 3.63) is 65.5 Å². The lowest BCUT2D eigenvalue weighted by atomic mass is 10.1. The largest absolute Gasteiger partial charge is 0.298 e. The molecule has 0 fully saturated rings. The van der Waals surface area contributed by atoms with Crippen LogP contribution in [0.4, 0.5) is 0 Å². The average molecular weight is 289 g/mol. The number of hydrogen-bond acceptors (Lipinski definition) is 4. The fourth-order valence-corrected chi connectivity index (χ4v) is 2.12. The molecule has 0 atom stereocenters. The molecule has 0 unspecified atom stereocenters. The summed E-state index contributed by atoms with van der Waals surface area (Å²) in [5, 5.41) is 0. The van der Waals surface area contributed by atoms with Gasteiger partial charge in [0.15, 0.2) is 0 Å². The van der Waals surface area contributed by atoms with Crippen molar-refractivity contribution in [3.8, 4) is 22.8 Å². The number of rotatable bonds is 3. The minimum absolute atomic E-state index is 0.560. The summed E-state index contributed by atoms with van der Waals surface area (Å²) in [6.07, 6.45) is 4.39. The zero-order chi connectivity index (χ0) is 15.5. The maximum Gasteiger partial charge on any atom is 0.150 e. The molecule has 0 bridgehead atoms. The molecule has 0 radical (unpaired) electrons. The number of carbonyl (C=O) groups excluding carboxylic acids is 1. The van der Waals surface area contributed by atoms with Gasteiger partial charge in [-0.25, -0.2) is 4.98 Å². The summed E-state index contributed by atoms with van der Waals surface area (Å²) in [6.45, 7) is 3.96. The summed E-state index contributed by atoms with van der Waals surface area (Å²) in [7, 11) is 0. The van der Waals surface area contributed by atoms with Crippen molar-refractivity contribution in [2.24, 2.45) is 0 Å². The normalized spacial score (nSPS) is 10.5. The van der Waals surface area contributed by atoms with E-state index < -0.39 is 0 Å². The zero-order valence-electron chi connectivity index (χ0n) is 12.4. The lowest BCUT2D eigenvalue weighted by Crippen LogP contribution is -1.95. The second kappa shape index (κ2) is 5.85. The summed E-state index contributed by atoms with van der Waals surface area (Å²) < 4.78 is 0. The molecule has 3 aromatic rings. The average Bonchev–Trinajstić information content (AvgIpc) is 2.55. The van der Waals surface area contributed by atoms with Crippen molar-refractivity contribution in [2.45, 2.75) is 13.8 Å². The van der Waals surface area contributed by atoms with Gasteiger partial charge >= 0.3 is 0 Å². The third-order valence-electron chi connectivity index (χ3n) is 3.33. The van der Waals surface area contributed by atoms with Crippen LogP contribution < -0.4 is 0 Å². The van der Waals surface area contributed by atoms with E-state index in [1.165, 1.54) is 0 Å². The van der Waals surface area contributed by atoms with Crippen molar-refractivity contribution in [2.75, 3.05) is 0 Å². The number of aldehydes is 1. The minimum Gasteiger partial charge on any atom is -0.298 e. The fraction of sp³-hybridized carbons (Fsp3) is 0.111. The molecule has 0 aliphatic carbocycles. The van der Waals surface area contributed by atoms with Crippen molar-refractivity contribution >= 4 is 6.29 Å². The van der Waals surface area contributed by atoms with Gasteiger partial charge in [0.1, 0.15) is 6.29 Å². The van der Waals surface area contributed by atoms with E-state index in [1.807, 2.05) is 38.1 Å². The van der Waals surface area contributed by atoms with Crippen LogP contribution in [-0.4, -0.2) is 21.2 Å². The number of hydrogen-bond donors (Lipinski definition) is 0. The third kappa shape index (κ3) is 2.91. The molecule has 3 heterocycles. The first-order chi connectivity index (χ1) is 10.7. The number of nitrogens with zero attached hydrogens (tertiary/aromatic N) is 3. The van der Waals surface area contributed by atoms with Crippen LogP contribution in [0.5, 0.6) is 0 Å². The SMILES string of the molecule is Cc1ccc(-c2cc(C=O)cc(-c3ccc(C)cn3)n2)nc1. The van der Waals surface area contributed by atoms with Crippen LogP contribution in [0.1, 0.15) is 21.5 Å². The van der Waals surface area contributed by atoms with E-state index in [1.54, 1.807) is 24.5 Å². The van der Waals surface area contributed by atoms with E-state index in [0.717, 1.165) is 28.8 Å². The molecule has 0 saturated carbocycles. The zero-order valence-corrected chi connectivity index (χ0v) is 12.4. The smallest absolute Gasteiger partial charge is 0.150 e. The topological polar surface area (TPSA) is 55.7 Å². The van der Waals surface area contributed by atoms with E-state index in [9.17, 15) is 4.79 Å². The van der Waals surface area contributed by atoms with Crippen molar-refractivity contribution < 1.29 is 4.79 Å². The molecular formula is C18H15N3O. The highest BCUT2D eigenvalue weighted by atomic mass is 16.1. The lowest BCUT2D eigenvalue weighted by Gasteiger charge is -2.06. The van der Waals surface area contributed by atoms with Gasteiger partial charge in [-0.15, -0.1) is 0 Å². The Morgan fingerprint density at radius 1 is 0.773 bits per heavy atom. The van der Waals surface area contributed by atoms with Gasteiger partial charge in [0.05, 0.1) is 22.8 Å². The first-order valence-electron chi connectivity index (χ1n) is 6.99. The highest BCUT2D eigenvalue weighted by molar-refractivity contribution is 5.80. The molecule has 0 N–H and O–H groups in total. The summed E-state index contributed by atoms with van der Waals surface area (Å²) >= 11 is 0. The molecule has 0 saturated heterocycles. The van der Waals surface area contributed by atoms with Gasteiger partial charge in [-0.2, -0.15) is 0 Å². The first kappa shape index (κ1) is 14.1. The van der Waals surface area contributed by atoms with Gasteiger partial charge in [-0.05, 0) is 49.2 Å². The van der Waals surface area contributed by atoms with Crippen LogP contribution in [0, 0.1) is 13.8 Å². The fourth-order valence-electron chi connectivity index (χ4n) is 2.12. The highest BCUT2D eigenvalue weighted by Crippen LogP contribution is 2.22. The van der Waals surface area contributed by atoms with E-state index >= 15 is 0 Å². The Hall–Kier alpha value is -2.88. The second-order valence-corrected chi connectivity index (χ2v) is 5.23. The maximum absolute atomic E-state index is 11.2. The molecule has 3 aromatic heterocycles. The Labute approximate surface area is 128 Å². The van der Waals surface area contributed by atoms with Gasteiger partial charge in [-0.3, -0.25) is 14.8 Å². The van der Waals surface area contributed by atoms with Gasteiger partial charge in [0, 0.05) is 18.0 Å². The molecule has 108 valence electrons. The molecule has 0 amide bonds. The van der Waals surface area contributed by atoms with Crippen molar-refractivity contribution in [1.82, 2.24) is 15.0 Å². The maximum atomic E-state index is 11.2. The molecule has 0 aliphatic rings. The van der Waals surface area contributed by atoms with Gasteiger partial charge in [-0.1, -0.05) is 12.1 Å². The summed E-state index contributed by atoms with van der Waals surface area (Å²) in [4.78, 5) is 24.6. The highest BCUT2D eigenvalue weighted by Gasteiger charge is 2.08. The molecular weight excluding hydrogens is 274 g/mol. The number of aryl methyl sites for hydroxylation is 2. The van der Waals surface area contributed by atoms with Gasteiger partial charge in [0.25, 0.3) is 0 Å². The van der Waals surface area contributed by atoms with E-state index in [0.29, 0.717) is 17.0 Å². The molecule has 22 heavy (non-hydrogen) atoms. The Morgan fingerprint density at radius 2 is 1.27 bits per heavy atom. The van der Waals surface area contributed by atoms with E-state index in [4.69, 9.17) is 0 Å². The summed E-state index contributed by atoms with van der Waals surface area (Å²) in [5.74, 6) is 0. The van der Waals surface area contributed by atoms with Crippen molar-refractivity contribution in [3.63, 3.8) is 0 Å². The first-order valence-corrected chi connectivity index (χ1v) is 6.99. The molecule has 0 aromatic carbocycles. The van der Waals surface area contributed by atoms with Crippen LogP contribution in [-0.2, 0) is 0 Å². The summed E-state index contributed by atoms with van der Waals surface area (Å²) in [6, 6.07) is 11.2. The number of pyridine rings is 3. The van der Waals surface area contributed by atoms with Crippen LogP contribution in [0.3, 0.4) is 0 Å². The Balaban J connectivity index is 2.12. The van der Waals surface area contributed by atoms with Crippen LogP contribution >= 0.6 is 0 Å². The second-order valence-electron chi connectivity index (χ2n) is 5.23. The molecule has 0 spiro atoms. The Kier molecular flexibility index (Phi) is 3.74. The van der Waals surface area contributed by atoms with Gasteiger partial charge < -0.3 is 0 Å². The predicted molar refractivity (Wildman–Crippen MR) is 85.6 cm³/mol. The van der Waals surface area contributed by atoms with Crippen LogP contribution in [0.15, 0.2) is 48.8 Å². The molecule has 4 heteroatoms. The third-order valence-corrected chi connectivity index (χ3v) is 3.33. The number of carbonyl (C=O) groups is 1. The van der Waals surface area contributed by atoms with Crippen LogP contribution in [0.2, 0.25) is 0 Å². The number of aromatic nitrogens is 3. The minimum atomic E-state index is 0.560.